The fourth-order valence-corrected chi connectivity index (χ4v) is 2.46. The molecule has 0 aliphatic heterocycles. The molecule has 0 aliphatic rings. The zero-order chi connectivity index (χ0) is 14.4. The van der Waals surface area contributed by atoms with E-state index in [0.717, 1.165) is 40.7 Å². The standard InChI is InChI=1S/C15H19BrN4/c1-2-4-20-15(12-6-13(16)10-19-9-12)7-11-8-18-5-3-14(11)17/h3,5-6,8-10,15,20H,2,4,7H2,1H3,(H2,17,18). The number of nitrogens with one attached hydrogen (secondary N) is 1. The van der Waals surface area contributed by atoms with Crippen LogP contribution in [0.2, 0.25) is 0 Å². The second kappa shape index (κ2) is 7.36. The highest BCUT2D eigenvalue weighted by Crippen LogP contribution is 2.23. The summed E-state index contributed by atoms with van der Waals surface area (Å²) in [6, 6.07) is 4.12. The number of nitrogens with two attached hydrogens (primary N) is 1. The Morgan fingerprint density at radius 1 is 1.30 bits per heavy atom. The van der Waals surface area contributed by atoms with Gasteiger partial charge in [0.05, 0.1) is 0 Å². The monoisotopic (exact) mass is 334 g/mol. The molecule has 2 aromatic heterocycles. The molecule has 0 radical (unpaired) electrons. The summed E-state index contributed by atoms with van der Waals surface area (Å²) in [6.45, 7) is 3.11. The Bertz CT molecular complexity index is 559. The van der Waals surface area contributed by atoms with Crippen molar-refractivity contribution in [1.82, 2.24) is 15.3 Å². The smallest absolute Gasteiger partial charge is 0.0410 e. The SMILES string of the molecule is CCCNC(Cc1cnccc1N)c1cncc(Br)c1. The minimum Gasteiger partial charge on any atom is -0.398 e. The van der Waals surface area contributed by atoms with Gasteiger partial charge in [-0.05, 0) is 58.6 Å². The second-order valence-electron chi connectivity index (χ2n) is 4.72. The van der Waals surface area contributed by atoms with Gasteiger partial charge in [0.25, 0.3) is 0 Å². The summed E-state index contributed by atoms with van der Waals surface area (Å²) >= 11 is 3.47. The summed E-state index contributed by atoms with van der Waals surface area (Å²) in [4.78, 5) is 8.40. The van der Waals surface area contributed by atoms with Crippen molar-refractivity contribution in [2.45, 2.75) is 25.8 Å². The molecule has 0 bridgehead atoms. The van der Waals surface area contributed by atoms with Crippen LogP contribution in [0.25, 0.3) is 0 Å². The predicted octanol–water partition coefficient (Wildman–Crippen LogP) is 3.10. The minimum absolute atomic E-state index is 0.187. The molecule has 0 saturated carbocycles. The Morgan fingerprint density at radius 2 is 2.15 bits per heavy atom. The summed E-state index contributed by atoms with van der Waals surface area (Å²) in [6.07, 6.45) is 9.12. The van der Waals surface area contributed by atoms with Gasteiger partial charge in [0, 0.05) is 41.0 Å². The van der Waals surface area contributed by atoms with Crippen molar-refractivity contribution in [3.05, 3.63) is 52.5 Å². The molecule has 3 N–H and O–H groups in total. The van der Waals surface area contributed by atoms with Gasteiger partial charge in [-0.2, -0.15) is 0 Å². The lowest BCUT2D eigenvalue weighted by atomic mass is 10.0. The zero-order valence-corrected chi connectivity index (χ0v) is 13.1. The van der Waals surface area contributed by atoms with Crippen molar-refractivity contribution >= 4 is 21.6 Å². The van der Waals surface area contributed by atoms with Gasteiger partial charge in [0.2, 0.25) is 0 Å². The normalized spacial score (nSPS) is 12.3. The summed E-state index contributed by atoms with van der Waals surface area (Å²) in [5.74, 6) is 0. The van der Waals surface area contributed by atoms with E-state index in [2.05, 4.69) is 44.2 Å². The van der Waals surface area contributed by atoms with Crippen molar-refractivity contribution in [2.24, 2.45) is 0 Å². The molecule has 20 heavy (non-hydrogen) atoms. The topological polar surface area (TPSA) is 63.8 Å². The van der Waals surface area contributed by atoms with Crippen LogP contribution in [0.1, 0.15) is 30.5 Å². The molecule has 0 amide bonds. The van der Waals surface area contributed by atoms with Gasteiger partial charge in [-0.25, -0.2) is 0 Å². The van der Waals surface area contributed by atoms with Gasteiger partial charge in [-0.3, -0.25) is 9.97 Å². The summed E-state index contributed by atoms with van der Waals surface area (Å²) in [7, 11) is 0. The highest BCUT2D eigenvalue weighted by atomic mass is 79.9. The number of nitrogen functional groups attached to an aromatic ring is 1. The summed E-state index contributed by atoms with van der Waals surface area (Å²) < 4.78 is 0.984. The first-order valence-electron chi connectivity index (χ1n) is 6.73. The first kappa shape index (κ1) is 14.9. The molecule has 1 atom stereocenters. The molecule has 2 rings (SSSR count). The van der Waals surface area contributed by atoms with Crippen LogP contribution in [-0.4, -0.2) is 16.5 Å². The number of hydrogen-bond acceptors (Lipinski definition) is 4. The van der Waals surface area contributed by atoms with Crippen LogP contribution >= 0.6 is 15.9 Å². The minimum atomic E-state index is 0.187. The Balaban J connectivity index is 2.21. The van der Waals surface area contributed by atoms with E-state index in [4.69, 9.17) is 5.73 Å². The molecule has 1 unspecified atom stereocenters. The number of rotatable bonds is 6. The average Bonchev–Trinajstić information content (AvgIpc) is 2.45. The zero-order valence-electron chi connectivity index (χ0n) is 11.5. The molecule has 0 saturated heterocycles. The van der Waals surface area contributed by atoms with E-state index in [0.29, 0.717) is 0 Å². The van der Waals surface area contributed by atoms with Crippen LogP contribution < -0.4 is 11.1 Å². The molecule has 106 valence electrons. The lowest BCUT2D eigenvalue weighted by molar-refractivity contribution is 0.527. The molecule has 2 heterocycles. The number of hydrogen-bond donors (Lipinski definition) is 2. The molecular formula is C15H19BrN4. The van der Waals surface area contributed by atoms with E-state index >= 15 is 0 Å². The lowest BCUT2D eigenvalue weighted by Gasteiger charge is -2.19. The summed E-state index contributed by atoms with van der Waals surface area (Å²) in [5.41, 5.74) is 9.00. The van der Waals surface area contributed by atoms with Crippen LogP contribution in [0.15, 0.2) is 41.4 Å². The average molecular weight is 335 g/mol. The maximum absolute atomic E-state index is 6.01. The predicted molar refractivity (Wildman–Crippen MR) is 85.3 cm³/mol. The van der Waals surface area contributed by atoms with E-state index < -0.39 is 0 Å². The lowest BCUT2D eigenvalue weighted by Crippen LogP contribution is -2.24. The highest BCUT2D eigenvalue weighted by Gasteiger charge is 2.14. The van der Waals surface area contributed by atoms with Crippen LogP contribution in [0.3, 0.4) is 0 Å². The van der Waals surface area contributed by atoms with E-state index in [1.165, 1.54) is 0 Å². The fourth-order valence-electron chi connectivity index (χ4n) is 2.07. The Hall–Kier alpha value is -1.46. The van der Waals surface area contributed by atoms with Crippen molar-refractivity contribution in [3.8, 4) is 0 Å². The molecule has 0 aliphatic carbocycles. The number of anilines is 1. The number of nitrogens with zero attached hydrogens (tertiary/aromatic N) is 2. The fraction of sp³-hybridized carbons (Fsp3) is 0.333. The molecule has 0 aromatic carbocycles. The van der Waals surface area contributed by atoms with E-state index in [1.54, 1.807) is 12.4 Å². The first-order valence-corrected chi connectivity index (χ1v) is 7.52. The molecule has 2 aromatic rings. The van der Waals surface area contributed by atoms with Gasteiger partial charge in [0.1, 0.15) is 0 Å². The molecule has 5 heteroatoms. The quantitative estimate of drug-likeness (QED) is 0.851. The maximum Gasteiger partial charge on any atom is 0.0410 e. The van der Waals surface area contributed by atoms with Crippen molar-refractivity contribution in [2.75, 3.05) is 12.3 Å². The Labute approximate surface area is 128 Å². The van der Waals surface area contributed by atoms with Gasteiger partial charge in [0.15, 0.2) is 0 Å². The summed E-state index contributed by atoms with van der Waals surface area (Å²) in [5, 5.41) is 3.54. The van der Waals surface area contributed by atoms with Gasteiger partial charge < -0.3 is 11.1 Å². The van der Waals surface area contributed by atoms with E-state index in [9.17, 15) is 0 Å². The van der Waals surface area contributed by atoms with Crippen molar-refractivity contribution in [3.63, 3.8) is 0 Å². The molecule has 0 fully saturated rings. The van der Waals surface area contributed by atoms with Crippen LogP contribution in [0, 0.1) is 0 Å². The first-order chi connectivity index (χ1) is 9.70. The van der Waals surface area contributed by atoms with Crippen LogP contribution in [-0.2, 0) is 6.42 Å². The van der Waals surface area contributed by atoms with Crippen LogP contribution in [0.4, 0.5) is 5.69 Å². The van der Waals surface area contributed by atoms with Crippen molar-refractivity contribution < 1.29 is 0 Å². The van der Waals surface area contributed by atoms with Gasteiger partial charge in [-0.1, -0.05) is 6.92 Å². The number of pyridine rings is 2. The van der Waals surface area contributed by atoms with Crippen LogP contribution in [0.5, 0.6) is 0 Å². The third-order valence-corrected chi connectivity index (χ3v) is 3.57. The highest BCUT2D eigenvalue weighted by molar-refractivity contribution is 9.10. The van der Waals surface area contributed by atoms with Gasteiger partial charge in [-0.15, -0.1) is 0 Å². The molecule has 0 spiro atoms. The maximum atomic E-state index is 6.01. The Morgan fingerprint density at radius 3 is 2.85 bits per heavy atom. The molecule has 4 nitrogen and oxygen atoms in total. The second-order valence-corrected chi connectivity index (χ2v) is 5.64. The van der Waals surface area contributed by atoms with E-state index in [-0.39, 0.29) is 6.04 Å². The third kappa shape index (κ3) is 4.02. The largest absolute Gasteiger partial charge is 0.398 e. The van der Waals surface area contributed by atoms with Crippen molar-refractivity contribution in [1.29, 1.82) is 0 Å². The van der Waals surface area contributed by atoms with Gasteiger partial charge >= 0.3 is 0 Å². The third-order valence-electron chi connectivity index (χ3n) is 3.13. The number of halogens is 1. The molecular weight excluding hydrogens is 316 g/mol. The Kier molecular flexibility index (Phi) is 5.49. The van der Waals surface area contributed by atoms with E-state index in [1.807, 2.05) is 18.5 Å². The number of aromatic nitrogens is 2.